The van der Waals surface area contributed by atoms with Crippen LogP contribution in [0, 0.1) is 0 Å². The molecule has 0 aromatic carbocycles. The first kappa shape index (κ1) is 20.4. The molecule has 0 fully saturated rings. The van der Waals surface area contributed by atoms with Crippen LogP contribution in [0.2, 0.25) is 0 Å². The molecule has 4 heteroatoms. The van der Waals surface area contributed by atoms with Gasteiger partial charge in [-0.15, -0.1) is 0 Å². The molecule has 0 heterocycles. The molecular formula is C18H30O4. The molecule has 0 atom stereocenters. The molecule has 0 radical (unpaired) electrons. The molecule has 0 aromatic rings. The van der Waals surface area contributed by atoms with Crippen LogP contribution in [-0.4, -0.2) is 22.2 Å². The first-order valence-electron chi connectivity index (χ1n) is 8.36. The molecule has 0 aliphatic heterocycles. The Balaban J connectivity index is 3.23. The second-order valence-electron chi connectivity index (χ2n) is 5.52. The number of carboxylic acid groups (broad SMARTS) is 2. The normalized spacial score (nSPS) is 11.5. The number of carbonyl (C=O) groups is 2. The summed E-state index contributed by atoms with van der Waals surface area (Å²) < 4.78 is 0. The molecule has 4 nitrogen and oxygen atoms in total. The van der Waals surface area contributed by atoms with Gasteiger partial charge in [0.25, 0.3) is 0 Å². The van der Waals surface area contributed by atoms with Gasteiger partial charge in [-0.3, -0.25) is 9.59 Å². The summed E-state index contributed by atoms with van der Waals surface area (Å²) in [4.78, 5) is 20.6. The van der Waals surface area contributed by atoms with E-state index >= 15 is 0 Å². The van der Waals surface area contributed by atoms with E-state index < -0.39 is 11.9 Å². The van der Waals surface area contributed by atoms with Crippen molar-refractivity contribution in [2.75, 3.05) is 0 Å². The van der Waals surface area contributed by atoms with Gasteiger partial charge in [0, 0.05) is 12.8 Å². The van der Waals surface area contributed by atoms with Gasteiger partial charge in [0.1, 0.15) is 0 Å². The average Bonchev–Trinajstić information content (AvgIpc) is 2.46. The average molecular weight is 310 g/mol. The van der Waals surface area contributed by atoms with Gasteiger partial charge in [0.2, 0.25) is 0 Å². The summed E-state index contributed by atoms with van der Waals surface area (Å²) in [6, 6.07) is 0. The van der Waals surface area contributed by atoms with Crippen LogP contribution >= 0.6 is 0 Å². The summed E-state index contributed by atoms with van der Waals surface area (Å²) >= 11 is 0. The minimum absolute atomic E-state index is 0.268. The topological polar surface area (TPSA) is 74.6 Å². The maximum Gasteiger partial charge on any atom is 0.303 e. The highest BCUT2D eigenvalue weighted by Gasteiger charge is 1.96. The van der Waals surface area contributed by atoms with E-state index in [9.17, 15) is 9.59 Å². The Bertz CT molecular complexity index is 345. The van der Waals surface area contributed by atoms with Crippen LogP contribution in [0.3, 0.4) is 0 Å². The molecule has 0 saturated carbocycles. The molecule has 0 spiro atoms. The van der Waals surface area contributed by atoms with Crippen LogP contribution in [0.15, 0.2) is 24.3 Å². The lowest BCUT2D eigenvalue weighted by molar-refractivity contribution is -0.138. The van der Waals surface area contributed by atoms with E-state index in [1.807, 2.05) is 0 Å². The zero-order valence-electron chi connectivity index (χ0n) is 13.5. The number of hydrogen-bond donors (Lipinski definition) is 2. The molecule has 0 aromatic heterocycles. The molecule has 0 aliphatic carbocycles. The van der Waals surface area contributed by atoms with Crippen molar-refractivity contribution in [2.45, 2.75) is 77.0 Å². The van der Waals surface area contributed by atoms with Crippen molar-refractivity contribution in [1.82, 2.24) is 0 Å². The summed E-state index contributed by atoms with van der Waals surface area (Å²) in [5, 5.41) is 17.0. The molecule has 0 rings (SSSR count). The maximum absolute atomic E-state index is 10.3. The number of rotatable bonds is 15. The van der Waals surface area contributed by atoms with Crippen molar-refractivity contribution in [1.29, 1.82) is 0 Å². The fourth-order valence-corrected chi connectivity index (χ4v) is 2.11. The predicted molar refractivity (Wildman–Crippen MR) is 89.0 cm³/mol. The van der Waals surface area contributed by atoms with Gasteiger partial charge in [0.15, 0.2) is 0 Å². The summed E-state index contributed by atoms with van der Waals surface area (Å²) in [6.45, 7) is 0. The Morgan fingerprint density at radius 1 is 0.591 bits per heavy atom. The van der Waals surface area contributed by atoms with Gasteiger partial charge in [-0.2, -0.15) is 0 Å². The van der Waals surface area contributed by atoms with Crippen molar-refractivity contribution in [3.8, 4) is 0 Å². The third kappa shape index (κ3) is 18.4. The van der Waals surface area contributed by atoms with E-state index in [-0.39, 0.29) is 6.42 Å². The molecule has 2 N–H and O–H groups in total. The van der Waals surface area contributed by atoms with Crippen molar-refractivity contribution in [3.63, 3.8) is 0 Å². The minimum atomic E-state index is -0.714. The zero-order chi connectivity index (χ0) is 16.5. The second-order valence-corrected chi connectivity index (χ2v) is 5.52. The second kappa shape index (κ2) is 15.8. The highest BCUT2D eigenvalue weighted by Crippen LogP contribution is 2.08. The highest BCUT2D eigenvalue weighted by molar-refractivity contribution is 5.66. The van der Waals surface area contributed by atoms with Crippen LogP contribution in [-0.2, 0) is 9.59 Å². The quantitative estimate of drug-likeness (QED) is 0.331. The van der Waals surface area contributed by atoms with Crippen molar-refractivity contribution in [3.05, 3.63) is 24.3 Å². The van der Waals surface area contributed by atoms with Gasteiger partial charge in [0.05, 0.1) is 0 Å². The van der Waals surface area contributed by atoms with E-state index in [4.69, 9.17) is 10.2 Å². The number of carboxylic acids is 2. The number of hydrogen-bond acceptors (Lipinski definition) is 2. The van der Waals surface area contributed by atoms with E-state index in [2.05, 4.69) is 24.3 Å². The smallest absolute Gasteiger partial charge is 0.303 e. The molecular weight excluding hydrogens is 280 g/mol. The lowest BCUT2D eigenvalue weighted by Crippen LogP contribution is -1.93. The first-order chi connectivity index (χ1) is 10.6. The monoisotopic (exact) mass is 310 g/mol. The standard InChI is InChI=1S/C18H30O4/c19-17(20)15-13-11-9-7-5-3-1-2-4-6-8-10-12-14-16-18(21)22/h1-2,5,7H,3-4,6,8-16H2,(H,19,20)(H,21,22)/b2-1-,7-5?. The fraction of sp³-hybridized carbons (Fsp3) is 0.667. The summed E-state index contributed by atoms with van der Waals surface area (Å²) in [6.07, 6.45) is 19.1. The van der Waals surface area contributed by atoms with Crippen molar-refractivity contribution < 1.29 is 19.8 Å². The number of aliphatic carboxylic acids is 2. The van der Waals surface area contributed by atoms with Gasteiger partial charge >= 0.3 is 11.9 Å². The van der Waals surface area contributed by atoms with Crippen molar-refractivity contribution in [2.24, 2.45) is 0 Å². The summed E-state index contributed by atoms with van der Waals surface area (Å²) in [5.41, 5.74) is 0. The largest absolute Gasteiger partial charge is 0.481 e. The fourth-order valence-electron chi connectivity index (χ4n) is 2.11. The molecule has 0 amide bonds. The number of allylic oxidation sites excluding steroid dienone is 4. The van der Waals surface area contributed by atoms with Crippen LogP contribution in [0.25, 0.3) is 0 Å². The van der Waals surface area contributed by atoms with Gasteiger partial charge in [-0.05, 0) is 44.9 Å². The van der Waals surface area contributed by atoms with Gasteiger partial charge in [-0.25, -0.2) is 0 Å². The van der Waals surface area contributed by atoms with Gasteiger partial charge < -0.3 is 10.2 Å². The first-order valence-corrected chi connectivity index (χ1v) is 8.36. The Kier molecular flexibility index (Phi) is 14.7. The third-order valence-corrected chi connectivity index (χ3v) is 3.38. The van der Waals surface area contributed by atoms with Crippen molar-refractivity contribution >= 4 is 11.9 Å². The minimum Gasteiger partial charge on any atom is -0.481 e. The molecule has 0 unspecified atom stereocenters. The Hall–Kier alpha value is -1.58. The Morgan fingerprint density at radius 3 is 1.55 bits per heavy atom. The zero-order valence-corrected chi connectivity index (χ0v) is 13.5. The third-order valence-electron chi connectivity index (χ3n) is 3.38. The molecule has 126 valence electrons. The molecule has 0 aliphatic rings. The lowest BCUT2D eigenvalue weighted by atomic mass is 10.1. The lowest BCUT2D eigenvalue weighted by Gasteiger charge is -1.98. The Labute approximate surface area is 133 Å². The van der Waals surface area contributed by atoms with E-state index in [0.717, 1.165) is 51.4 Å². The van der Waals surface area contributed by atoms with Crippen LogP contribution in [0.5, 0.6) is 0 Å². The SMILES string of the molecule is O=C(O)CCCCC=CC/C=C\CCCCCCCC(=O)O. The molecule has 22 heavy (non-hydrogen) atoms. The predicted octanol–water partition coefficient (Wildman–Crippen LogP) is 4.95. The van der Waals surface area contributed by atoms with E-state index in [1.165, 1.54) is 12.8 Å². The van der Waals surface area contributed by atoms with Crippen LogP contribution < -0.4 is 0 Å². The van der Waals surface area contributed by atoms with E-state index in [0.29, 0.717) is 6.42 Å². The summed E-state index contributed by atoms with van der Waals surface area (Å²) in [5.74, 6) is -1.41. The highest BCUT2D eigenvalue weighted by atomic mass is 16.4. The molecule has 0 saturated heterocycles. The summed E-state index contributed by atoms with van der Waals surface area (Å²) in [7, 11) is 0. The van der Waals surface area contributed by atoms with Crippen LogP contribution in [0.4, 0.5) is 0 Å². The maximum atomic E-state index is 10.3. The molecule has 0 bridgehead atoms. The van der Waals surface area contributed by atoms with Crippen LogP contribution in [0.1, 0.15) is 77.0 Å². The Morgan fingerprint density at radius 2 is 1.00 bits per heavy atom. The van der Waals surface area contributed by atoms with Gasteiger partial charge in [-0.1, -0.05) is 43.6 Å². The van der Waals surface area contributed by atoms with E-state index in [1.54, 1.807) is 0 Å². The number of unbranched alkanes of at least 4 members (excludes halogenated alkanes) is 7.